The van der Waals surface area contributed by atoms with E-state index in [1.54, 1.807) is 0 Å². The highest BCUT2D eigenvalue weighted by Gasteiger charge is 2.20. The summed E-state index contributed by atoms with van der Waals surface area (Å²) >= 11 is 8.60. The highest BCUT2D eigenvalue weighted by Crippen LogP contribution is 2.22. The van der Waals surface area contributed by atoms with E-state index in [1.807, 2.05) is 18.2 Å². The van der Waals surface area contributed by atoms with Crippen molar-refractivity contribution in [2.24, 2.45) is 0 Å². The lowest BCUT2D eigenvalue weighted by Gasteiger charge is -2.32. The molecular formula is C6H15NS2. The van der Waals surface area contributed by atoms with Crippen LogP contribution >= 0.6 is 25.4 Å². The third kappa shape index (κ3) is 3.38. The van der Waals surface area contributed by atoms with Crippen molar-refractivity contribution in [3.8, 4) is 0 Å². The second-order valence-electron chi connectivity index (χ2n) is 2.93. The maximum Gasteiger partial charge on any atom is 0.0681 e. The molecule has 0 bridgehead atoms. The van der Waals surface area contributed by atoms with Gasteiger partial charge in [-0.05, 0) is 27.7 Å². The summed E-state index contributed by atoms with van der Waals surface area (Å²) in [5, 5.41) is 0. The van der Waals surface area contributed by atoms with Crippen LogP contribution in [0.1, 0.15) is 27.7 Å². The van der Waals surface area contributed by atoms with Crippen LogP contribution in [0.2, 0.25) is 0 Å². The molecule has 0 aliphatic rings. The summed E-state index contributed by atoms with van der Waals surface area (Å²) in [5.41, 5.74) is 0. The second-order valence-corrected chi connectivity index (χ2v) is 4.46. The van der Waals surface area contributed by atoms with Gasteiger partial charge in [0, 0.05) is 6.04 Å². The van der Waals surface area contributed by atoms with Crippen LogP contribution in [0.4, 0.5) is 0 Å². The molecule has 0 atom stereocenters. The number of hydrogen-bond donors (Lipinski definition) is 2. The van der Waals surface area contributed by atoms with Gasteiger partial charge in [-0.15, -0.1) is 0 Å². The number of rotatable bonds is 2. The smallest absolute Gasteiger partial charge is 0.0681 e. The second kappa shape index (κ2) is 3.17. The van der Waals surface area contributed by atoms with Gasteiger partial charge in [0.25, 0.3) is 0 Å². The summed E-state index contributed by atoms with van der Waals surface area (Å²) in [7, 11) is 0. The number of thiol groups is 2. The van der Waals surface area contributed by atoms with E-state index in [4.69, 9.17) is 0 Å². The normalized spacial score (nSPS) is 13.3. The molecule has 0 N–H and O–H groups in total. The third-order valence-electron chi connectivity index (χ3n) is 1.05. The highest BCUT2D eigenvalue weighted by molar-refractivity contribution is 7.84. The van der Waals surface area contributed by atoms with Crippen LogP contribution in [0.5, 0.6) is 0 Å². The van der Waals surface area contributed by atoms with Gasteiger partial charge in [0.2, 0.25) is 0 Å². The molecule has 3 heteroatoms. The Morgan fingerprint density at radius 2 is 1.67 bits per heavy atom. The molecule has 0 aromatic rings. The predicted molar refractivity (Wildman–Crippen MR) is 49.0 cm³/mol. The van der Waals surface area contributed by atoms with Crippen LogP contribution in [0.3, 0.4) is 0 Å². The van der Waals surface area contributed by atoms with Gasteiger partial charge in [0.05, 0.1) is 4.87 Å². The van der Waals surface area contributed by atoms with Crippen LogP contribution < -0.4 is 0 Å². The fourth-order valence-corrected chi connectivity index (χ4v) is 0.863. The van der Waals surface area contributed by atoms with Crippen molar-refractivity contribution in [1.29, 1.82) is 0 Å². The summed E-state index contributed by atoms with van der Waals surface area (Å²) in [6.45, 7) is 8.21. The van der Waals surface area contributed by atoms with Crippen molar-refractivity contribution < 1.29 is 0 Å². The topological polar surface area (TPSA) is 3.24 Å². The van der Waals surface area contributed by atoms with E-state index in [2.05, 4.69) is 39.3 Å². The maximum absolute atomic E-state index is 4.34. The first-order valence-electron chi connectivity index (χ1n) is 3.06. The zero-order chi connectivity index (χ0) is 7.65. The molecule has 0 fully saturated rings. The van der Waals surface area contributed by atoms with Gasteiger partial charge in [-0.1, -0.05) is 12.8 Å². The quantitative estimate of drug-likeness (QED) is 0.469. The summed E-state index contributed by atoms with van der Waals surface area (Å²) in [6, 6.07) is 0.431. The standard InChI is InChI=1S/C6H15NS2/c1-5(2)7(9)6(3,4)8/h5,8-9H,1-4H3. The molecule has 0 aliphatic carbocycles. The Labute approximate surface area is 68.8 Å². The SMILES string of the molecule is CC(C)N(S)C(C)(C)S. The molecule has 1 nitrogen and oxygen atoms in total. The lowest BCUT2D eigenvalue weighted by atomic mass is 10.3. The van der Waals surface area contributed by atoms with Crippen LogP contribution in [0, 0.1) is 0 Å². The average Bonchev–Trinajstić information content (AvgIpc) is 1.62. The molecule has 0 radical (unpaired) electrons. The molecule has 0 aromatic carbocycles. The largest absolute Gasteiger partial charge is 0.236 e. The van der Waals surface area contributed by atoms with Crippen molar-refractivity contribution in [3.63, 3.8) is 0 Å². The Balaban J connectivity index is 3.88. The Hall–Kier alpha value is 0.660. The van der Waals surface area contributed by atoms with Crippen molar-refractivity contribution >= 4 is 25.4 Å². The maximum atomic E-state index is 4.34. The van der Waals surface area contributed by atoms with E-state index >= 15 is 0 Å². The van der Waals surface area contributed by atoms with Crippen LogP contribution in [-0.2, 0) is 0 Å². The van der Waals surface area contributed by atoms with E-state index in [0.29, 0.717) is 6.04 Å². The molecule has 0 aliphatic heterocycles. The molecule has 0 heterocycles. The summed E-state index contributed by atoms with van der Waals surface area (Å²) in [6.07, 6.45) is 0. The number of nitrogens with zero attached hydrogens (tertiary/aromatic N) is 1. The minimum atomic E-state index is -0.128. The Morgan fingerprint density at radius 3 is 1.67 bits per heavy atom. The van der Waals surface area contributed by atoms with Gasteiger partial charge < -0.3 is 0 Å². The molecule has 0 saturated carbocycles. The van der Waals surface area contributed by atoms with Gasteiger partial charge >= 0.3 is 0 Å². The van der Waals surface area contributed by atoms with Crippen LogP contribution in [-0.4, -0.2) is 15.2 Å². The molecule has 9 heavy (non-hydrogen) atoms. The minimum absolute atomic E-state index is 0.128. The van der Waals surface area contributed by atoms with Gasteiger partial charge in [-0.2, -0.15) is 12.6 Å². The van der Waals surface area contributed by atoms with E-state index in [9.17, 15) is 0 Å². The predicted octanol–water partition coefficient (Wildman–Crippen LogP) is 2.21. The molecule has 0 rings (SSSR count). The Morgan fingerprint density at radius 1 is 1.33 bits per heavy atom. The molecular weight excluding hydrogens is 150 g/mol. The first-order chi connectivity index (χ1) is 3.85. The molecule has 0 saturated heterocycles. The monoisotopic (exact) mass is 165 g/mol. The summed E-state index contributed by atoms with van der Waals surface area (Å²) in [4.78, 5) is -0.128. The van der Waals surface area contributed by atoms with Gasteiger partial charge in [-0.3, -0.25) is 0 Å². The molecule has 0 aromatic heterocycles. The van der Waals surface area contributed by atoms with Crippen molar-refractivity contribution in [1.82, 2.24) is 4.31 Å². The molecule has 0 spiro atoms. The Bertz CT molecular complexity index is 85.5. The van der Waals surface area contributed by atoms with E-state index in [-0.39, 0.29) is 4.87 Å². The summed E-state index contributed by atoms with van der Waals surface area (Å²) < 4.78 is 1.91. The fourth-order valence-electron chi connectivity index (χ4n) is 0.632. The van der Waals surface area contributed by atoms with Gasteiger partial charge in [-0.25, -0.2) is 4.31 Å². The molecule has 0 amide bonds. The van der Waals surface area contributed by atoms with Crippen molar-refractivity contribution in [2.45, 2.75) is 38.6 Å². The molecule has 56 valence electrons. The average molecular weight is 165 g/mol. The zero-order valence-corrected chi connectivity index (χ0v) is 8.21. The third-order valence-corrected chi connectivity index (χ3v) is 2.38. The summed E-state index contributed by atoms with van der Waals surface area (Å²) in [5.74, 6) is 0. The molecule has 0 unspecified atom stereocenters. The van der Waals surface area contributed by atoms with E-state index < -0.39 is 0 Å². The lowest BCUT2D eigenvalue weighted by molar-refractivity contribution is 0.311. The van der Waals surface area contributed by atoms with Crippen LogP contribution in [0.15, 0.2) is 0 Å². The number of hydrogen-bond acceptors (Lipinski definition) is 3. The first-order valence-corrected chi connectivity index (χ1v) is 3.91. The van der Waals surface area contributed by atoms with Gasteiger partial charge in [0.1, 0.15) is 0 Å². The van der Waals surface area contributed by atoms with E-state index in [1.165, 1.54) is 0 Å². The fraction of sp³-hybridized carbons (Fsp3) is 1.00. The first kappa shape index (κ1) is 9.66. The Kier molecular flexibility index (Phi) is 3.40. The van der Waals surface area contributed by atoms with Crippen molar-refractivity contribution in [3.05, 3.63) is 0 Å². The lowest BCUT2D eigenvalue weighted by Crippen LogP contribution is -2.36. The van der Waals surface area contributed by atoms with Gasteiger partial charge in [0.15, 0.2) is 0 Å². The zero-order valence-electron chi connectivity index (χ0n) is 6.42. The van der Waals surface area contributed by atoms with Crippen molar-refractivity contribution in [2.75, 3.05) is 0 Å². The van der Waals surface area contributed by atoms with E-state index in [0.717, 1.165) is 0 Å². The van der Waals surface area contributed by atoms with Crippen LogP contribution in [0.25, 0.3) is 0 Å². The minimum Gasteiger partial charge on any atom is -0.236 e. The highest BCUT2D eigenvalue weighted by atomic mass is 32.1.